The van der Waals surface area contributed by atoms with Gasteiger partial charge >= 0.3 is 0 Å². The van der Waals surface area contributed by atoms with Crippen molar-refractivity contribution in [2.75, 3.05) is 4.90 Å². The number of benzene rings is 1. The Morgan fingerprint density at radius 2 is 2.00 bits per heavy atom. The largest absolute Gasteiger partial charge is 0.280 e. The fourth-order valence-corrected chi connectivity index (χ4v) is 0.961. The molecule has 1 radical (unpaired) electrons. The maximum absolute atomic E-state index is 11.0. The second kappa shape index (κ2) is 3.72. The summed E-state index contributed by atoms with van der Waals surface area (Å²) in [6.45, 7) is 4.92. The van der Waals surface area contributed by atoms with Crippen molar-refractivity contribution >= 4 is 11.6 Å². The van der Waals surface area contributed by atoms with Crippen LogP contribution in [0.15, 0.2) is 36.9 Å². The average Bonchev–Trinajstić information content (AvgIpc) is 2.07. The number of anilines is 1. The molecule has 0 bridgehead atoms. The molecule has 0 fully saturated rings. The van der Waals surface area contributed by atoms with Gasteiger partial charge in [-0.15, -0.1) is 0 Å². The van der Waals surface area contributed by atoms with Gasteiger partial charge in [-0.1, -0.05) is 24.8 Å². The molecule has 12 heavy (non-hydrogen) atoms. The first kappa shape index (κ1) is 8.53. The number of carbonyl (C=O) groups is 1. The van der Waals surface area contributed by atoms with Gasteiger partial charge in [0.05, 0.1) is 6.20 Å². The third-order valence-electron chi connectivity index (χ3n) is 1.49. The Morgan fingerprint density at radius 3 is 2.42 bits per heavy atom. The van der Waals surface area contributed by atoms with Crippen molar-refractivity contribution in [3.05, 3.63) is 43.1 Å². The van der Waals surface area contributed by atoms with Crippen molar-refractivity contribution in [1.29, 1.82) is 0 Å². The number of nitrogens with zero attached hydrogens (tertiary/aromatic N) is 1. The molecule has 0 aliphatic carbocycles. The number of hydrogen-bond donors (Lipinski definition) is 0. The van der Waals surface area contributed by atoms with Crippen molar-refractivity contribution in [2.24, 2.45) is 0 Å². The standard InChI is InChI=1S/C10H10NO/c1-3-11(9(2)12)10-7-5-4-6-8-10/h4-8H,1H2,2H3. The van der Waals surface area contributed by atoms with Crippen molar-refractivity contribution < 1.29 is 4.79 Å². The molecule has 61 valence electrons. The Morgan fingerprint density at radius 1 is 1.42 bits per heavy atom. The summed E-state index contributed by atoms with van der Waals surface area (Å²) in [6, 6.07) is 9.29. The quantitative estimate of drug-likeness (QED) is 0.606. The molecule has 0 N–H and O–H groups in total. The van der Waals surface area contributed by atoms with E-state index in [2.05, 4.69) is 12.8 Å². The van der Waals surface area contributed by atoms with E-state index in [9.17, 15) is 4.79 Å². The van der Waals surface area contributed by atoms with E-state index in [1.54, 1.807) is 0 Å². The van der Waals surface area contributed by atoms with Gasteiger partial charge in [-0.3, -0.25) is 9.69 Å². The smallest absolute Gasteiger partial charge is 0.228 e. The van der Waals surface area contributed by atoms with E-state index in [0.29, 0.717) is 0 Å². The predicted octanol–water partition coefficient (Wildman–Crippen LogP) is 1.99. The van der Waals surface area contributed by atoms with E-state index >= 15 is 0 Å². The molecule has 2 nitrogen and oxygen atoms in total. The number of amides is 1. The summed E-state index contributed by atoms with van der Waals surface area (Å²) >= 11 is 0. The van der Waals surface area contributed by atoms with Crippen molar-refractivity contribution in [2.45, 2.75) is 6.92 Å². The predicted molar refractivity (Wildman–Crippen MR) is 48.5 cm³/mol. The van der Waals surface area contributed by atoms with Crippen LogP contribution >= 0.6 is 0 Å². The van der Waals surface area contributed by atoms with Gasteiger partial charge in [0, 0.05) is 12.6 Å². The minimum absolute atomic E-state index is 0.0869. The highest BCUT2D eigenvalue weighted by Gasteiger charge is 2.05. The van der Waals surface area contributed by atoms with Gasteiger partial charge in [-0.2, -0.15) is 0 Å². The Hall–Kier alpha value is -1.57. The molecule has 0 heterocycles. The zero-order chi connectivity index (χ0) is 8.97. The number of rotatable bonds is 2. The molecule has 0 unspecified atom stereocenters. The fourth-order valence-electron chi connectivity index (χ4n) is 0.961. The van der Waals surface area contributed by atoms with Crippen LogP contribution in [0.4, 0.5) is 5.69 Å². The van der Waals surface area contributed by atoms with Crippen LogP contribution in [0.5, 0.6) is 0 Å². The highest BCUT2D eigenvalue weighted by Crippen LogP contribution is 2.12. The number of carbonyl (C=O) groups excluding carboxylic acids is 1. The number of para-hydroxylation sites is 1. The summed E-state index contributed by atoms with van der Waals surface area (Å²) in [5, 5.41) is 0. The van der Waals surface area contributed by atoms with E-state index in [-0.39, 0.29) is 5.91 Å². The molecular formula is C10H10NO. The Kier molecular flexibility index (Phi) is 2.64. The van der Waals surface area contributed by atoms with Gasteiger partial charge in [0.15, 0.2) is 0 Å². The van der Waals surface area contributed by atoms with Gasteiger partial charge in [-0.05, 0) is 12.1 Å². The van der Waals surface area contributed by atoms with Gasteiger partial charge in [0.1, 0.15) is 0 Å². The summed E-state index contributed by atoms with van der Waals surface area (Å²) < 4.78 is 0. The van der Waals surface area contributed by atoms with Crippen LogP contribution in [-0.4, -0.2) is 5.91 Å². The summed E-state index contributed by atoms with van der Waals surface area (Å²) in [5.41, 5.74) is 0.792. The van der Waals surface area contributed by atoms with Crippen LogP contribution in [0.3, 0.4) is 0 Å². The molecule has 0 saturated carbocycles. The lowest BCUT2D eigenvalue weighted by Crippen LogP contribution is -2.21. The van der Waals surface area contributed by atoms with Crippen LogP contribution in [0.25, 0.3) is 0 Å². The summed E-state index contributed by atoms with van der Waals surface area (Å²) in [6.07, 6.45) is 2.55. The molecule has 1 aromatic carbocycles. The Balaban J connectivity index is 2.95. The van der Waals surface area contributed by atoms with Crippen molar-refractivity contribution in [1.82, 2.24) is 0 Å². The monoisotopic (exact) mass is 160 g/mol. The lowest BCUT2D eigenvalue weighted by Gasteiger charge is -2.13. The molecule has 0 aromatic heterocycles. The molecule has 0 spiro atoms. The van der Waals surface area contributed by atoms with Gasteiger partial charge in [0.25, 0.3) is 0 Å². The Labute approximate surface area is 72.1 Å². The second-order valence-electron chi connectivity index (χ2n) is 2.35. The third-order valence-corrected chi connectivity index (χ3v) is 1.49. The van der Waals surface area contributed by atoms with Crippen LogP contribution in [0.1, 0.15) is 6.92 Å². The average molecular weight is 160 g/mol. The first-order chi connectivity index (χ1) is 5.75. The molecular weight excluding hydrogens is 150 g/mol. The first-order valence-electron chi connectivity index (χ1n) is 3.64. The highest BCUT2D eigenvalue weighted by molar-refractivity contribution is 5.92. The summed E-state index contributed by atoms with van der Waals surface area (Å²) in [7, 11) is 0. The fraction of sp³-hybridized carbons (Fsp3) is 0.100. The van der Waals surface area contributed by atoms with Crippen molar-refractivity contribution in [3.63, 3.8) is 0 Å². The molecule has 1 amide bonds. The third kappa shape index (κ3) is 1.72. The second-order valence-corrected chi connectivity index (χ2v) is 2.35. The highest BCUT2D eigenvalue weighted by atomic mass is 16.2. The van der Waals surface area contributed by atoms with Crippen LogP contribution in [0, 0.1) is 6.20 Å². The maximum Gasteiger partial charge on any atom is 0.228 e. The lowest BCUT2D eigenvalue weighted by atomic mass is 10.3. The van der Waals surface area contributed by atoms with E-state index < -0.39 is 0 Å². The number of hydrogen-bond acceptors (Lipinski definition) is 1. The van der Waals surface area contributed by atoms with E-state index in [0.717, 1.165) is 5.69 Å². The molecule has 0 saturated heterocycles. The molecule has 0 aliphatic rings. The minimum atomic E-state index is -0.0869. The van der Waals surface area contributed by atoms with Gasteiger partial charge in [-0.25, -0.2) is 0 Å². The summed E-state index contributed by atoms with van der Waals surface area (Å²) in [5.74, 6) is -0.0869. The van der Waals surface area contributed by atoms with E-state index in [1.165, 1.54) is 11.8 Å². The summed E-state index contributed by atoms with van der Waals surface area (Å²) in [4.78, 5) is 12.4. The molecule has 0 atom stereocenters. The SMILES string of the molecule is C=[C]N(C(C)=O)c1ccccc1. The Bertz CT molecular complexity index is 279. The lowest BCUT2D eigenvalue weighted by molar-refractivity contribution is -0.116. The van der Waals surface area contributed by atoms with Crippen LogP contribution < -0.4 is 4.90 Å². The van der Waals surface area contributed by atoms with E-state index in [1.807, 2.05) is 30.3 Å². The topological polar surface area (TPSA) is 20.3 Å². The molecule has 2 heteroatoms. The van der Waals surface area contributed by atoms with Gasteiger partial charge < -0.3 is 0 Å². The maximum atomic E-state index is 11.0. The molecule has 0 aliphatic heterocycles. The van der Waals surface area contributed by atoms with Gasteiger partial charge in [0.2, 0.25) is 5.91 Å². The minimum Gasteiger partial charge on any atom is -0.280 e. The van der Waals surface area contributed by atoms with Crippen molar-refractivity contribution in [3.8, 4) is 0 Å². The zero-order valence-corrected chi connectivity index (χ0v) is 6.95. The normalized spacial score (nSPS) is 9.08. The first-order valence-corrected chi connectivity index (χ1v) is 3.64. The molecule has 1 aromatic rings. The van der Waals surface area contributed by atoms with Crippen LogP contribution in [-0.2, 0) is 4.79 Å². The van der Waals surface area contributed by atoms with Crippen LogP contribution in [0.2, 0.25) is 0 Å². The van der Waals surface area contributed by atoms with E-state index in [4.69, 9.17) is 0 Å². The zero-order valence-electron chi connectivity index (χ0n) is 6.95. The molecule has 1 rings (SSSR count).